The number of nitrogens with zero attached hydrogens (tertiary/aromatic N) is 2. The smallest absolute Gasteiger partial charge is 0.0633 e. The lowest BCUT2D eigenvalue weighted by atomic mass is 9.98. The van der Waals surface area contributed by atoms with E-state index in [1.54, 1.807) is 0 Å². The fraction of sp³-hybridized carbons (Fsp3) is 0.235. The summed E-state index contributed by atoms with van der Waals surface area (Å²) in [5.74, 6) is 0. The van der Waals surface area contributed by atoms with E-state index in [-0.39, 0.29) is 6.04 Å². The molecule has 1 N–H and O–H groups in total. The molecule has 1 atom stereocenters. The van der Waals surface area contributed by atoms with Crippen molar-refractivity contribution in [2.45, 2.75) is 13.0 Å². The van der Waals surface area contributed by atoms with Gasteiger partial charge in [0.1, 0.15) is 0 Å². The van der Waals surface area contributed by atoms with E-state index in [1.165, 1.54) is 27.6 Å². The van der Waals surface area contributed by atoms with Gasteiger partial charge in [0, 0.05) is 29.5 Å². The first-order chi connectivity index (χ1) is 9.68. The molecule has 0 spiro atoms. The number of H-pyrrole nitrogens is 1. The summed E-state index contributed by atoms with van der Waals surface area (Å²) in [6.07, 6.45) is 5.88. The molecule has 3 heteroatoms. The summed E-state index contributed by atoms with van der Waals surface area (Å²) in [6.45, 7) is 2.14. The Bertz CT molecular complexity index is 713. The number of para-hydroxylation sites is 1. The van der Waals surface area contributed by atoms with Crippen LogP contribution < -0.4 is 0 Å². The zero-order chi connectivity index (χ0) is 14.1. The monoisotopic (exact) mass is 265 g/mol. The number of aromatic amines is 1. The van der Waals surface area contributed by atoms with Crippen molar-refractivity contribution in [3.8, 4) is 0 Å². The van der Waals surface area contributed by atoms with Crippen molar-refractivity contribution in [2.75, 3.05) is 14.1 Å². The van der Waals surface area contributed by atoms with Crippen molar-refractivity contribution in [3.05, 3.63) is 65.6 Å². The molecule has 0 radical (unpaired) electrons. The van der Waals surface area contributed by atoms with Crippen molar-refractivity contribution in [1.82, 2.24) is 14.9 Å². The summed E-state index contributed by atoms with van der Waals surface area (Å²) in [5, 5.41) is 1.28. The molecule has 3 aromatic rings. The van der Waals surface area contributed by atoms with Gasteiger partial charge in [-0.1, -0.05) is 24.3 Å². The maximum absolute atomic E-state index is 4.26. The number of fused-ring (bicyclic) bond motifs is 1. The van der Waals surface area contributed by atoms with Crippen molar-refractivity contribution >= 4 is 10.9 Å². The normalized spacial score (nSPS) is 13.0. The van der Waals surface area contributed by atoms with Gasteiger partial charge in [-0.2, -0.15) is 0 Å². The van der Waals surface area contributed by atoms with E-state index >= 15 is 0 Å². The third kappa shape index (κ3) is 2.10. The average Bonchev–Trinajstić information content (AvgIpc) is 2.85. The minimum atomic E-state index is 0.208. The fourth-order valence-corrected chi connectivity index (χ4v) is 2.85. The predicted molar refractivity (Wildman–Crippen MR) is 82.8 cm³/mol. The second kappa shape index (κ2) is 5.10. The molecule has 0 saturated carbocycles. The van der Waals surface area contributed by atoms with E-state index in [4.69, 9.17) is 0 Å². The maximum Gasteiger partial charge on any atom is 0.0633 e. The third-order valence-electron chi connectivity index (χ3n) is 3.77. The van der Waals surface area contributed by atoms with Gasteiger partial charge in [0.2, 0.25) is 0 Å². The lowest BCUT2D eigenvalue weighted by Crippen LogP contribution is -2.20. The molecule has 3 rings (SSSR count). The van der Waals surface area contributed by atoms with E-state index in [0.29, 0.717) is 0 Å². The van der Waals surface area contributed by atoms with Crippen LogP contribution in [0, 0.1) is 6.92 Å². The molecule has 0 aliphatic heterocycles. The first kappa shape index (κ1) is 12.9. The number of hydrogen-bond donors (Lipinski definition) is 1. The van der Waals surface area contributed by atoms with Crippen molar-refractivity contribution in [3.63, 3.8) is 0 Å². The Balaban J connectivity index is 2.18. The number of hydrogen-bond acceptors (Lipinski definition) is 2. The van der Waals surface area contributed by atoms with Crippen LogP contribution in [0.2, 0.25) is 0 Å². The summed E-state index contributed by atoms with van der Waals surface area (Å²) in [5.41, 5.74) is 5.00. The van der Waals surface area contributed by atoms with Crippen LogP contribution in [0.25, 0.3) is 10.9 Å². The van der Waals surface area contributed by atoms with E-state index in [1.807, 2.05) is 18.5 Å². The summed E-state index contributed by atoms with van der Waals surface area (Å²) >= 11 is 0. The molecule has 0 aliphatic rings. The minimum absolute atomic E-state index is 0.208. The molecule has 1 unspecified atom stereocenters. The van der Waals surface area contributed by atoms with Gasteiger partial charge in [0.05, 0.1) is 6.04 Å². The molecule has 0 fully saturated rings. The summed E-state index contributed by atoms with van der Waals surface area (Å²) < 4.78 is 0. The predicted octanol–water partition coefficient (Wildman–Crippen LogP) is 3.52. The summed E-state index contributed by atoms with van der Waals surface area (Å²) in [7, 11) is 4.21. The van der Waals surface area contributed by atoms with Gasteiger partial charge in [-0.05, 0) is 43.8 Å². The van der Waals surface area contributed by atoms with Crippen LogP contribution in [-0.4, -0.2) is 29.0 Å². The lowest BCUT2D eigenvalue weighted by molar-refractivity contribution is 0.343. The number of rotatable bonds is 3. The molecule has 2 aromatic heterocycles. The highest BCUT2D eigenvalue weighted by molar-refractivity contribution is 5.86. The lowest BCUT2D eigenvalue weighted by Gasteiger charge is -2.24. The Kier molecular flexibility index (Phi) is 3.28. The van der Waals surface area contributed by atoms with Gasteiger partial charge in [-0.25, -0.2) is 0 Å². The minimum Gasteiger partial charge on any atom is -0.361 e. The molecule has 0 saturated heterocycles. The van der Waals surface area contributed by atoms with Gasteiger partial charge in [-0.15, -0.1) is 0 Å². The van der Waals surface area contributed by atoms with Crippen LogP contribution >= 0.6 is 0 Å². The number of aryl methyl sites for hydroxylation is 1. The molecule has 3 nitrogen and oxygen atoms in total. The highest BCUT2D eigenvalue weighted by Gasteiger charge is 2.20. The van der Waals surface area contributed by atoms with Crippen molar-refractivity contribution in [2.24, 2.45) is 0 Å². The zero-order valence-corrected chi connectivity index (χ0v) is 12.1. The molecular weight excluding hydrogens is 246 g/mol. The molecule has 1 aromatic carbocycles. The Morgan fingerprint density at radius 3 is 2.70 bits per heavy atom. The Morgan fingerprint density at radius 2 is 2.00 bits per heavy atom. The van der Waals surface area contributed by atoms with Crippen LogP contribution in [0.15, 0.2) is 48.9 Å². The Morgan fingerprint density at radius 1 is 1.15 bits per heavy atom. The summed E-state index contributed by atoms with van der Waals surface area (Å²) in [4.78, 5) is 9.90. The van der Waals surface area contributed by atoms with Gasteiger partial charge < -0.3 is 4.98 Å². The van der Waals surface area contributed by atoms with Gasteiger partial charge in [0.15, 0.2) is 0 Å². The maximum atomic E-state index is 4.26. The number of benzene rings is 1. The van der Waals surface area contributed by atoms with E-state index in [0.717, 1.165) is 0 Å². The third-order valence-corrected chi connectivity index (χ3v) is 3.77. The van der Waals surface area contributed by atoms with Crippen LogP contribution in [0.3, 0.4) is 0 Å². The Labute approximate surface area is 119 Å². The number of aromatic nitrogens is 2. The highest BCUT2D eigenvalue weighted by Crippen LogP contribution is 2.32. The summed E-state index contributed by atoms with van der Waals surface area (Å²) in [6, 6.07) is 10.8. The highest BCUT2D eigenvalue weighted by atomic mass is 15.1. The van der Waals surface area contributed by atoms with Crippen LogP contribution in [0.5, 0.6) is 0 Å². The quantitative estimate of drug-likeness (QED) is 0.785. The van der Waals surface area contributed by atoms with Crippen LogP contribution in [0.1, 0.15) is 22.7 Å². The largest absolute Gasteiger partial charge is 0.361 e. The zero-order valence-electron chi connectivity index (χ0n) is 12.1. The van der Waals surface area contributed by atoms with Crippen molar-refractivity contribution < 1.29 is 0 Å². The fourth-order valence-electron chi connectivity index (χ4n) is 2.85. The van der Waals surface area contributed by atoms with Gasteiger partial charge in [-0.3, -0.25) is 9.88 Å². The molecule has 102 valence electrons. The standard InChI is InChI=1S/C17H19N3/c1-12-6-4-8-14-15(11-19-16(12)14)17(20(2)3)13-7-5-9-18-10-13/h4-11,17,19H,1-3H3. The molecule has 0 amide bonds. The van der Waals surface area contributed by atoms with Gasteiger partial charge in [0.25, 0.3) is 0 Å². The molecule has 0 aliphatic carbocycles. The topological polar surface area (TPSA) is 31.9 Å². The molecule has 0 bridgehead atoms. The first-order valence-electron chi connectivity index (χ1n) is 6.81. The van der Waals surface area contributed by atoms with Crippen LogP contribution in [-0.2, 0) is 0 Å². The molecular formula is C17H19N3. The van der Waals surface area contributed by atoms with E-state index in [9.17, 15) is 0 Å². The number of pyridine rings is 1. The van der Waals surface area contributed by atoms with E-state index < -0.39 is 0 Å². The second-order valence-corrected chi connectivity index (χ2v) is 5.39. The molecule has 20 heavy (non-hydrogen) atoms. The second-order valence-electron chi connectivity index (χ2n) is 5.39. The first-order valence-corrected chi connectivity index (χ1v) is 6.81. The van der Waals surface area contributed by atoms with Crippen molar-refractivity contribution in [1.29, 1.82) is 0 Å². The molecule has 2 heterocycles. The van der Waals surface area contributed by atoms with Gasteiger partial charge >= 0.3 is 0 Å². The van der Waals surface area contributed by atoms with Crippen LogP contribution in [0.4, 0.5) is 0 Å². The average molecular weight is 265 g/mol. The SMILES string of the molecule is Cc1cccc2c(C(c3cccnc3)N(C)C)c[nH]c12. The van der Waals surface area contributed by atoms with E-state index in [2.05, 4.69) is 66.3 Å². The number of nitrogens with one attached hydrogen (secondary N) is 1. The Hall–Kier alpha value is -2.13.